The fraction of sp³-hybridized carbons (Fsp3) is 0.208. The molecule has 3 rings (SSSR count). The molecule has 35 heavy (non-hydrogen) atoms. The molecule has 11 heteroatoms. The monoisotopic (exact) mass is 533 g/mol. The highest BCUT2D eigenvalue weighted by molar-refractivity contribution is 6.34. The van der Waals surface area contributed by atoms with Crippen LogP contribution in [-0.2, 0) is 18.9 Å². The molecule has 0 saturated carbocycles. The Kier molecular flexibility index (Phi) is 8.03. The highest BCUT2D eigenvalue weighted by atomic mass is 35.5. The molecule has 0 heterocycles. The lowest BCUT2D eigenvalue weighted by atomic mass is 10.1. The second-order valence-electron chi connectivity index (χ2n) is 7.84. The Morgan fingerprint density at radius 1 is 0.829 bits per heavy atom. The quantitative estimate of drug-likeness (QED) is 0.203. The van der Waals surface area contributed by atoms with Gasteiger partial charge in [-0.1, -0.05) is 47.5 Å². The third-order valence-electron chi connectivity index (χ3n) is 4.82. The van der Waals surface area contributed by atoms with Gasteiger partial charge in [0.25, 0.3) is 0 Å². The summed E-state index contributed by atoms with van der Waals surface area (Å²) in [5, 5.41) is 2.47. The van der Waals surface area contributed by atoms with Crippen LogP contribution in [0.15, 0.2) is 65.7 Å². The van der Waals surface area contributed by atoms with Crippen LogP contribution >= 0.6 is 23.2 Å². The molecule has 3 aromatic rings. The average molecular weight is 534 g/mol. The maximum absolute atomic E-state index is 13.0. The van der Waals surface area contributed by atoms with Crippen LogP contribution in [0.1, 0.15) is 22.3 Å². The highest BCUT2D eigenvalue weighted by Gasteiger charge is 2.32. The van der Waals surface area contributed by atoms with Crippen LogP contribution in [0.25, 0.3) is 0 Å². The number of rotatable bonds is 5. The summed E-state index contributed by atoms with van der Waals surface area (Å²) in [4.78, 5) is 6.33. The minimum Gasteiger partial charge on any atom is -0.338 e. The van der Waals surface area contributed by atoms with Gasteiger partial charge in [0.15, 0.2) is 0 Å². The molecule has 0 spiro atoms. The van der Waals surface area contributed by atoms with Crippen LogP contribution in [0.5, 0.6) is 0 Å². The summed E-state index contributed by atoms with van der Waals surface area (Å²) in [5.41, 5.74) is -0.339. The molecule has 0 radical (unpaired) electrons. The van der Waals surface area contributed by atoms with Crippen molar-refractivity contribution in [1.82, 2.24) is 4.90 Å². The van der Waals surface area contributed by atoms with Crippen molar-refractivity contribution < 1.29 is 26.3 Å². The Hall–Kier alpha value is -2.75. The van der Waals surface area contributed by atoms with Gasteiger partial charge in [-0.25, -0.2) is 4.99 Å². The van der Waals surface area contributed by atoms with E-state index in [1.807, 2.05) is 25.1 Å². The molecule has 3 nitrogen and oxygen atoms in total. The van der Waals surface area contributed by atoms with Gasteiger partial charge in [-0.05, 0) is 56.1 Å². The fourth-order valence-corrected chi connectivity index (χ4v) is 3.65. The Morgan fingerprint density at radius 2 is 1.40 bits per heavy atom. The molecule has 0 amide bonds. The van der Waals surface area contributed by atoms with Crippen molar-refractivity contribution in [1.29, 1.82) is 0 Å². The van der Waals surface area contributed by atoms with E-state index < -0.39 is 23.5 Å². The van der Waals surface area contributed by atoms with Gasteiger partial charge >= 0.3 is 12.4 Å². The normalized spacial score (nSPS) is 12.8. The highest BCUT2D eigenvalue weighted by Crippen LogP contribution is 2.36. The number of hydrogen-bond donors (Lipinski definition) is 1. The zero-order valence-electron chi connectivity index (χ0n) is 18.4. The van der Waals surface area contributed by atoms with Crippen LogP contribution in [0.4, 0.5) is 37.7 Å². The molecular formula is C24H19Cl2F6N3. The molecule has 0 aliphatic carbocycles. The van der Waals surface area contributed by atoms with Crippen LogP contribution in [0, 0.1) is 0 Å². The number of anilines is 1. The SMILES string of the molecule is CN(C)Cc1ccccc1C(=Nc1ccc(C(F)(F)F)cc1Cl)Nc1ccc(C(F)(F)F)cc1Cl. The zero-order valence-corrected chi connectivity index (χ0v) is 19.9. The fourth-order valence-electron chi connectivity index (χ4n) is 3.20. The Balaban J connectivity index is 2.13. The molecule has 0 fully saturated rings. The summed E-state index contributed by atoms with van der Waals surface area (Å²) >= 11 is 12.2. The first-order valence-electron chi connectivity index (χ1n) is 10.1. The van der Waals surface area contributed by atoms with Crippen molar-refractivity contribution in [2.45, 2.75) is 18.9 Å². The van der Waals surface area contributed by atoms with Crippen LogP contribution < -0.4 is 5.32 Å². The van der Waals surface area contributed by atoms with E-state index in [1.165, 1.54) is 0 Å². The van der Waals surface area contributed by atoms with Crippen molar-refractivity contribution in [3.05, 3.63) is 93.0 Å². The standard InChI is InChI=1S/C24H19Cl2F6N3/c1-35(2)13-14-5-3-4-6-17(14)22(33-20-9-7-15(11-18(20)25)23(27,28)29)34-21-10-8-16(12-19(21)26)24(30,31)32/h3-12H,13H2,1-2H3,(H,33,34). The lowest BCUT2D eigenvalue weighted by Crippen LogP contribution is -2.19. The molecule has 0 aromatic heterocycles. The van der Waals surface area contributed by atoms with Crippen LogP contribution in [0.2, 0.25) is 10.0 Å². The average Bonchev–Trinajstić information content (AvgIpc) is 2.74. The van der Waals surface area contributed by atoms with E-state index in [-0.39, 0.29) is 27.3 Å². The van der Waals surface area contributed by atoms with Gasteiger partial charge in [-0.15, -0.1) is 0 Å². The second-order valence-corrected chi connectivity index (χ2v) is 8.65. The van der Waals surface area contributed by atoms with E-state index in [0.717, 1.165) is 42.0 Å². The van der Waals surface area contributed by atoms with E-state index >= 15 is 0 Å². The Morgan fingerprint density at radius 3 is 1.94 bits per heavy atom. The molecule has 0 saturated heterocycles. The van der Waals surface area contributed by atoms with Crippen molar-refractivity contribution in [3.8, 4) is 0 Å². The van der Waals surface area contributed by atoms with Crippen LogP contribution in [0.3, 0.4) is 0 Å². The minimum absolute atomic E-state index is 0.0323. The number of nitrogens with zero attached hydrogens (tertiary/aromatic N) is 2. The second kappa shape index (κ2) is 10.5. The Bertz CT molecular complexity index is 1240. The summed E-state index contributed by atoms with van der Waals surface area (Å²) in [7, 11) is 3.70. The predicted octanol–water partition coefficient (Wildman–Crippen LogP) is 8.28. The number of amidine groups is 1. The van der Waals surface area contributed by atoms with Crippen molar-refractivity contribution in [2.24, 2.45) is 4.99 Å². The van der Waals surface area contributed by atoms with Crippen molar-refractivity contribution >= 4 is 40.4 Å². The lowest BCUT2D eigenvalue weighted by molar-refractivity contribution is -0.138. The maximum Gasteiger partial charge on any atom is 0.416 e. The van der Waals surface area contributed by atoms with Gasteiger partial charge < -0.3 is 10.2 Å². The number of alkyl halides is 6. The maximum atomic E-state index is 13.0. The molecule has 1 N–H and O–H groups in total. The first-order chi connectivity index (χ1) is 16.3. The summed E-state index contributed by atoms with van der Waals surface area (Å²) < 4.78 is 78.3. The van der Waals surface area contributed by atoms with Gasteiger partial charge in [0.2, 0.25) is 0 Å². The number of hydrogen-bond acceptors (Lipinski definition) is 2. The van der Waals surface area contributed by atoms with Gasteiger partial charge in [0.1, 0.15) is 5.84 Å². The minimum atomic E-state index is -4.58. The summed E-state index contributed by atoms with van der Waals surface area (Å²) in [6.45, 7) is 0.484. The molecule has 186 valence electrons. The van der Waals surface area contributed by atoms with Crippen LogP contribution in [-0.4, -0.2) is 24.8 Å². The van der Waals surface area contributed by atoms with E-state index in [0.29, 0.717) is 12.1 Å². The summed E-state index contributed by atoms with van der Waals surface area (Å²) in [6.07, 6.45) is -9.16. The molecular weight excluding hydrogens is 515 g/mol. The molecule has 0 aliphatic rings. The van der Waals surface area contributed by atoms with E-state index in [2.05, 4.69) is 10.3 Å². The number of aliphatic imine (C=N–C) groups is 1. The molecule has 0 bridgehead atoms. The van der Waals surface area contributed by atoms with Crippen molar-refractivity contribution in [3.63, 3.8) is 0 Å². The van der Waals surface area contributed by atoms with E-state index in [1.54, 1.807) is 18.2 Å². The van der Waals surface area contributed by atoms with Crippen molar-refractivity contribution in [2.75, 3.05) is 19.4 Å². The summed E-state index contributed by atoms with van der Waals surface area (Å²) in [6, 6.07) is 12.6. The first-order valence-corrected chi connectivity index (χ1v) is 10.8. The number of halogens is 8. The number of benzene rings is 3. The Labute approximate surface area is 208 Å². The molecule has 3 aromatic carbocycles. The van der Waals surface area contributed by atoms with Gasteiger partial charge in [-0.3, -0.25) is 0 Å². The molecule has 0 unspecified atom stereocenters. The molecule has 0 atom stereocenters. The number of nitrogens with one attached hydrogen (secondary N) is 1. The third-order valence-corrected chi connectivity index (χ3v) is 5.43. The largest absolute Gasteiger partial charge is 0.416 e. The smallest absolute Gasteiger partial charge is 0.338 e. The zero-order chi connectivity index (χ0) is 26.0. The topological polar surface area (TPSA) is 27.6 Å². The third kappa shape index (κ3) is 6.90. The first kappa shape index (κ1) is 26.8. The van der Waals surface area contributed by atoms with E-state index in [9.17, 15) is 26.3 Å². The lowest BCUT2D eigenvalue weighted by Gasteiger charge is -2.18. The predicted molar refractivity (Wildman–Crippen MR) is 127 cm³/mol. The van der Waals surface area contributed by atoms with Gasteiger partial charge in [0, 0.05) is 12.1 Å². The summed E-state index contributed by atoms with van der Waals surface area (Å²) in [5.74, 6) is 0.144. The van der Waals surface area contributed by atoms with E-state index in [4.69, 9.17) is 23.2 Å². The van der Waals surface area contributed by atoms with Gasteiger partial charge in [0.05, 0.1) is 32.5 Å². The van der Waals surface area contributed by atoms with Gasteiger partial charge in [-0.2, -0.15) is 26.3 Å². The molecule has 0 aliphatic heterocycles.